The molecule has 2 fully saturated rings. The van der Waals surface area contributed by atoms with Crippen LogP contribution >= 0.6 is 0 Å². The lowest BCUT2D eigenvalue weighted by Crippen LogP contribution is -2.39. The summed E-state index contributed by atoms with van der Waals surface area (Å²) < 4.78 is 31.2. The van der Waals surface area contributed by atoms with E-state index in [1.165, 1.54) is 45.3 Å². The van der Waals surface area contributed by atoms with E-state index in [2.05, 4.69) is 23.5 Å². The number of hydrogen-bond donors (Lipinski definition) is 1. The molecule has 5 nitrogen and oxygen atoms in total. The van der Waals surface area contributed by atoms with Crippen molar-refractivity contribution in [2.75, 3.05) is 38.5 Å². The summed E-state index contributed by atoms with van der Waals surface area (Å²) in [7, 11) is -3.09. The van der Waals surface area contributed by atoms with Crippen LogP contribution in [0, 0.1) is 17.8 Å². The zero-order chi connectivity index (χ0) is 18.3. The van der Waals surface area contributed by atoms with Crippen molar-refractivity contribution in [2.45, 2.75) is 65.4 Å². The Morgan fingerprint density at radius 1 is 1.08 bits per heavy atom. The van der Waals surface area contributed by atoms with E-state index in [1.54, 1.807) is 6.92 Å². The number of rotatable bonds is 9. The highest BCUT2D eigenvalue weighted by Gasteiger charge is 2.26. The van der Waals surface area contributed by atoms with Crippen LogP contribution in [0.4, 0.5) is 0 Å². The van der Waals surface area contributed by atoms with E-state index in [0.717, 1.165) is 30.6 Å². The Bertz CT molecular complexity index is 465. The van der Waals surface area contributed by atoms with E-state index in [1.807, 2.05) is 0 Å². The summed E-state index contributed by atoms with van der Waals surface area (Å²) in [6, 6.07) is 0. The summed E-state index contributed by atoms with van der Waals surface area (Å²) in [5.41, 5.74) is 0. The Balaban J connectivity index is 1.56. The average Bonchev–Trinajstić information content (AvgIpc) is 2.60. The average molecular weight is 375 g/mol. The van der Waals surface area contributed by atoms with Crippen LogP contribution in [0.5, 0.6) is 0 Å². The Labute approximate surface area is 154 Å². The van der Waals surface area contributed by atoms with E-state index in [4.69, 9.17) is 4.74 Å². The summed E-state index contributed by atoms with van der Waals surface area (Å²) in [5, 5.41) is 0. The van der Waals surface area contributed by atoms with Gasteiger partial charge in [0.05, 0.1) is 18.5 Å². The lowest BCUT2D eigenvalue weighted by Gasteiger charge is -2.37. The number of nitrogens with zero attached hydrogens (tertiary/aromatic N) is 1. The fraction of sp³-hybridized carbons (Fsp3) is 1.00. The minimum atomic E-state index is -3.09. The summed E-state index contributed by atoms with van der Waals surface area (Å²) in [5.74, 6) is 2.70. The van der Waals surface area contributed by atoms with E-state index in [0.29, 0.717) is 19.3 Å². The lowest BCUT2D eigenvalue weighted by molar-refractivity contribution is 0.0150. The van der Waals surface area contributed by atoms with Crippen molar-refractivity contribution in [1.29, 1.82) is 0 Å². The van der Waals surface area contributed by atoms with Gasteiger partial charge < -0.3 is 9.64 Å². The van der Waals surface area contributed by atoms with Crippen LogP contribution in [0.2, 0.25) is 0 Å². The standard InChI is InChI=1S/C19H38N2O3S/c1-4-25(22,23)20-11-14-24-19-7-5-17(6-8-19)15-21-12-9-18(10-13-21)16(2)3/h16-20H,4-15H2,1-3H3. The number of nitrogens with one attached hydrogen (secondary N) is 1. The molecule has 0 unspecified atom stereocenters. The van der Waals surface area contributed by atoms with Crippen LogP contribution in [0.3, 0.4) is 0 Å². The summed E-state index contributed by atoms with van der Waals surface area (Å²) in [6.07, 6.45) is 7.77. The zero-order valence-corrected chi connectivity index (χ0v) is 17.2. The largest absolute Gasteiger partial charge is 0.377 e. The smallest absolute Gasteiger partial charge is 0.211 e. The fourth-order valence-corrected chi connectivity index (χ4v) is 4.77. The highest BCUT2D eigenvalue weighted by Crippen LogP contribution is 2.29. The first kappa shape index (κ1) is 21.1. The highest BCUT2D eigenvalue weighted by atomic mass is 32.2. The van der Waals surface area contributed by atoms with Gasteiger partial charge in [-0.2, -0.15) is 0 Å². The molecule has 6 heteroatoms. The van der Waals surface area contributed by atoms with E-state index >= 15 is 0 Å². The van der Waals surface area contributed by atoms with Gasteiger partial charge in [0.25, 0.3) is 0 Å². The third-order valence-corrected chi connectivity index (χ3v) is 7.45. The Kier molecular flexibility index (Phi) is 8.65. The van der Waals surface area contributed by atoms with Crippen molar-refractivity contribution in [3.05, 3.63) is 0 Å². The van der Waals surface area contributed by atoms with Crippen molar-refractivity contribution in [2.24, 2.45) is 17.8 Å². The third kappa shape index (κ3) is 7.53. The van der Waals surface area contributed by atoms with E-state index in [-0.39, 0.29) is 5.75 Å². The second-order valence-corrected chi connectivity index (χ2v) is 10.3. The van der Waals surface area contributed by atoms with Crippen LogP contribution in [0.25, 0.3) is 0 Å². The second kappa shape index (κ2) is 10.2. The van der Waals surface area contributed by atoms with Crippen molar-refractivity contribution in [3.8, 4) is 0 Å². The van der Waals surface area contributed by atoms with E-state index < -0.39 is 10.0 Å². The molecule has 25 heavy (non-hydrogen) atoms. The molecule has 0 spiro atoms. The maximum absolute atomic E-state index is 11.4. The molecule has 0 radical (unpaired) electrons. The molecule has 0 aromatic carbocycles. The van der Waals surface area contributed by atoms with Gasteiger partial charge in [0, 0.05) is 13.1 Å². The zero-order valence-electron chi connectivity index (χ0n) is 16.4. The maximum Gasteiger partial charge on any atom is 0.211 e. The summed E-state index contributed by atoms with van der Waals surface area (Å²) >= 11 is 0. The molecular weight excluding hydrogens is 336 g/mol. The minimum Gasteiger partial charge on any atom is -0.377 e. The third-order valence-electron chi connectivity index (χ3n) is 6.04. The predicted octanol–water partition coefficient (Wildman–Crippen LogP) is 2.87. The number of ether oxygens (including phenoxy) is 1. The van der Waals surface area contributed by atoms with Crippen molar-refractivity contribution < 1.29 is 13.2 Å². The van der Waals surface area contributed by atoms with Crippen molar-refractivity contribution in [1.82, 2.24) is 9.62 Å². The lowest BCUT2D eigenvalue weighted by atomic mass is 9.84. The number of piperidine rings is 1. The van der Waals surface area contributed by atoms with Crippen LogP contribution in [-0.2, 0) is 14.8 Å². The topological polar surface area (TPSA) is 58.6 Å². The quantitative estimate of drug-likeness (QED) is 0.631. The molecule has 1 saturated heterocycles. The molecule has 1 N–H and O–H groups in total. The summed E-state index contributed by atoms with van der Waals surface area (Å²) in [4.78, 5) is 2.67. The second-order valence-electron chi connectivity index (χ2n) is 8.19. The van der Waals surface area contributed by atoms with Crippen LogP contribution < -0.4 is 4.72 Å². The van der Waals surface area contributed by atoms with Gasteiger partial charge in [-0.05, 0) is 76.3 Å². The molecule has 0 aromatic rings. The Hall–Kier alpha value is -0.170. The van der Waals surface area contributed by atoms with Gasteiger partial charge in [0.1, 0.15) is 0 Å². The molecule has 1 heterocycles. The predicted molar refractivity (Wildman–Crippen MR) is 103 cm³/mol. The molecule has 148 valence electrons. The Morgan fingerprint density at radius 2 is 1.72 bits per heavy atom. The van der Waals surface area contributed by atoms with Crippen LogP contribution in [0.1, 0.15) is 59.3 Å². The van der Waals surface area contributed by atoms with Gasteiger partial charge in [-0.1, -0.05) is 13.8 Å². The molecule has 0 amide bonds. The number of likely N-dealkylation sites (tertiary alicyclic amines) is 1. The van der Waals surface area contributed by atoms with Gasteiger partial charge in [-0.3, -0.25) is 0 Å². The molecule has 0 bridgehead atoms. The molecule has 1 aliphatic heterocycles. The highest BCUT2D eigenvalue weighted by molar-refractivity contribution is 7.89. The Morgan fingerprint density at radius 3 is 2.28 bits per heavy atom. The molecule has 0 aromatic heterocycles. The molecule has 2 rings (SSSR count). The molecule has 2 aliphatic rings. The van der Waals surface area contributed by atoms with Gasteiger partial charge >= 0.3 is 0 Å². The molecule has 1 aliphatic carbocycles. The SMILES string of the molecule is CCS(=O)(=O)NCCOC1CCC(CN2CCC(C(C)C)CC2)CC1. The first-order chi connectivity index (χ1) is 11.9. The number of hydrogen-bond acceptors (Lipinski definition) is 4. The minimum absolute atomic E-state index is 0.131. The monoisotopic (exact) mass is 374 g/mol. The van der Waals surface area contributed by atoms with Crippen LogP contribution in [-0.4, -0.2) is 58.0 Å². The molecule has 1 saturated carbocycles. The number of sulfonamides is 1. The van der Waals surface area contributed by atoms with Gasteiger partial charge in [0.15, 0.2) is 0 Å². The normalized spacial score (nSPS) is 27.0. The molecular formula is C19H38N2O3S. The van der Waals surface area contributed by atoms with E-state index in [9.17, 15) is 8.42 Å². The first-order valence-electron chi connectivity index (χ1n) is 10.2. The fourth-order valence-electron chi connectivity index (χ4n) is 4.17. The summed E-state index contributed by atoms with van der Waals surface area (Å²) in [6.45, 7) is 11.0. The maximum atomic E-state index is 11.4. The van der Waals surface area contributed by atoms with Crippen LogP contribution in [0.15, 0.2) is 0 Å². The van der Waals surface area contributed by atoms with Gasteiger partial charge in [-0.15, -0.1) is 0 Å². The molecule has 0 atom stereocenters. The van der Waals surface area contributed by atoms with Crippen molar-refractivity contribution in [3.63, 3.8) is 0 Å². The van der Waals surface area contributed by atoms with Gasteiger partial charge in [0.2, 0.25) is 10.0 Å². The van der Waals surface area contributed by atoms with Gasteiger partial charge in [-0.25, -0.2) is 13.1 Å². The first-order valence-corrected chi connectivity index (χ1v) is 11.9. The van der Waals surface area contributed by atoms with Crippen molar-refractivity contribution >= 4 is 10.0 Å².